The molecule has 2 saturated carbocycles. The number of anilines is 1. The third-order valence-electron chi connectivity index (χ3n) is 5.47. The van der Waals surface area contributed by atoms with Gasteiger partial charge in [-0.25, -0.2) is 4.79 Å². The molecular formula is C18H26N2O4. The first-order chi connectivity index (χ1) is 11.6. The lowest BCUT2D eigenvalue weighted by Crippen LogP contribution is -2.60. The summed E-state index contributed by atoms with van der Waals surface area (Å²) >= 11 is 0. The molecule has 6 nitrogen and oxygen atoms in total. The van der Waals surface area contributed by atoms with Crippen LogP contribution in [0.15, 0.2) is 12.1 Å². The molecule has 2 atom stereocenters. The summed E-state index contributed by atoms with van der Waals surface area (Å²) in [5.74, 6) is 0.567. The van der Waals surface area contributed by atoms with Crippen LogP contribution in [0.2, 0.25) is 0 Å². The topological polar surface area (TPSA) is 69.7 Å². The minimum atomic E-state index is -0.446. The van der Waals surface area contributed by atoms with Crippen LogP contribution in [0.4, 0.5) is 5.82 Å². The Hall–Kier alpha value is -1.82. The lowest BCUT2D eigenvalue weighted by atomic mass is 9.60. The summed E-state index contributed by atoms with van der Waals surface area (Å²) in [7, 11) is 2.85. The lowest BCUT2D eigenvalue weighted by Gasteiger charge is -2.54. The molecule has 6 heteroatoms. The first kappa shape index (κ1) is 17.0. The van der Waals surface area contributed by atoms with Crippen molar-refractivity contribution in [3.05, 3.63) is 17.7 Å². The number of nitrogens with zero attached hydrogens (tertiary/aromatic N) is 1. The van der Waals surface area contributed by atoms with Crippen molar-refractivity contribution >= 4 is 11.8 Å². The Kier molecular flexibility index (Phi) is 4.94. The standard InChI is InChI=1S/C18H26N2O4/c1-4-24-14-11-13(18(14)9-5-6-10-18)19-15-8-7-12(17(21)23-3)16(20-15)22-2/h7-8,13-14H,4-6,9-11H2,1-3H3,(H,19,20). The first-order valence-electron chi connectivity index (χ1n) is 8.66. The number of hydrogen-bond donors (Lipinski definition) is 1. The van der Waals surface area contributed by atoms with Crippen molar-refractivity contribution in [2.75, 3.05) is 26.1 Å². The maximum absolute atomic E-state index is 11.7. The van der Waals surface area contributed by atoms with Crippen LogP contribution >= 0.6 is 0 Å². The highest BCUT2D eigenvalue weighted by Gasteiger charge is 2.56. The predicted octanol–water partition coefficient (Wildman–Crippen LogP) is 3.03. The van der Waals surface area contributed by atoms with E-state index in [9.17, 15) is 4.79 Å². The molecule has 2 aliphatic rings. The molecule has 24 heavy (non-hydrogen) atoms. The van der Waals surface area contributed by atoms with E-state index >= 15 is 0 Å². The molecule has 1 heterocycles. The van der Waals surface area contributed by atoms with Gasteiger partial charge in [-0.2, -0.15) is 4.98 Å². The fraction of sp³-hybridized carbons (Fsp3) is 0.667. The van der Waals surface area contributed by atoms with E-state index in [-0.39, 0.29) is 11.3 Å². The number of carbonyl (C=O) groups is 1. The average Bonchev–Trinajstić information content (AvgIpc) is 3.13. The largest absolute Gasteiger partial charge is 0.480 e. The average molecular weight is 334 g/mol. The summed E-state index contributed by atoms with van der Waals surface area (Å²) < 4.78 is 15.9. The van der Waals surface area contributed by atoms with Crippen molar-refractivity contribution in [2.24, 2.45) is 5.41 Å². The number of carbonyl (C=O) groups excluding carboxylic acids is 1. The van der Waals surface area contributed by atoms with E-state index in [4.69, 9.17) is 14.2 Å². The van der Waals surface area contributed by atoms with Gasteiger partial charge in [-0.3, -0.25) is 0 Å². The van der Waals surface area contributed by atoms with Crippen LogP contribution in [-0.2, 0) is 9.47 Å². The summed E-state index contributed by atoms with van der Waals surface area (Å²) in [6, 6.07) is 3.86. The van der Waals surface area contributed by atoms with Crippen LogP contribution in [0.5, 0.6) is 5.88 Å². The number of pyridine rings is 1. The third-order valence-corrected chi connectivity index (χ3v) is 5.47. The molecule has 2 fully saturated rings. The monoisotopic (exact) mass is 334 g/mol. The maximum Gasteiger partial charge on any atom is 0.343 e. The van der Waals surface area contributed by atoms with Gasteiger partial charge in [0.05, 0.1) is 20.3 Å². The molecule has 0 amide bonds. The van der Waals surface area contributed by atoms with E-state index in [0.29, 0.717) is 17.7 Å². The van der Waals surface area contributed by atoms with Crippen molar-refractivity contribution in [1.82, 2.24) is 4.98 Å². The second-order valence-corrected chi connectivity index (χ2v) is 6.56. The van der Waals surface area contributed by atoms with Crippen molar-refractivity contribution in [3.8, 4) is 5.88 Å². The van der Waals surface area contributed by atoms with Gasteiger partial charge in [-0.05, 0) is 38.3 Å². The molecule has 0 aromatic carbocycles. The molecule has 1 spiro atoms. The number of methoxy groups -OCH3 is 2. The van der Waals surface area contributed by atoms with Crippen molar-refractivity contribution in [2.45, 2.75) is 51.2 Å². The minimum Gasteiger partial charge on any atom is -0.480 e. The zero-order valence-corrected chi connectivity index (χ0v) is 14.6. The zero-order valence-electron chi connectivity index (χ0n) is 14.6. The highest BCUT2D eigenvalue weighted by Crippen LogP contribution is 2.55. The van der Waals surface area contributed by atoms with Crippen LogP contribution in [0.25, 0.3) is 0 Å². The van der Waals surface area contributed by atoms with Gasteiger partial charge in [0, 0.05) is 18.1 Å². The van der Waals surface area contributed by atoms with E-state index in [1.807, 2.05) is 6.07 Å². The van der Waals surface area contributed by atoms with Gasteiger partial charge in [0.2, 0.25) is 5.88 Å². The molecule has 3 rings (SSSR count). The SMILES string of the molecule is CCOC1CC(Nc2ccc(C(=O)OC)c(OC)n2)C12CCCC2. The molecular weight excluding hydrogens is 308 g/mol. The molecule has 1 aromatic heterocycles. The van der Waals surface area contributed by atoms with Gasteiger partial charge < -0.3 is 19.5 Å². The van der Waals surface area contributed by atoms with Gasteiger partial charge in [0.1, 0.15) is 11.4 Å². The fourth-order valence-corrected chi connectivity index (χ4v) is 4.21. The van der Waals surface area contributed by atoms with Crippen molar-refractivity contribution in [1.29, 1.82) is 0 Å². The van der Waals surface area contributed by atoms with Crippen molar-refractivity contribution < 1.29 is 19.0 Å². The second kappa shape index (κ2) is 6.97. The van der Waals surface area contributed by atoms with E-state index in [2.05, 4.69) is 17.2 Å². The second-order valence-electron chi connectivity index (χ2n) is 6.56. The third kappa shape index (κ3) is 2.83. The Labute approximate surface area is 142 Å². The summed E-state index contributed by atoms with van der Waals surface area (Å²) in [4.78, 5) is 16.2. The molecule has 2 unspecified atom stereocenters. The van der Waals surface area contributed by atoms with E-state index in [1.165, 1.54) is 39.9 Å². The smallest absolute Gasteiger partial charge is 0.343 e. The van der Waals surface area contributed by atoms with Crippen LogP contribution in [0.3, 0.4) is 0 Å². The van der Waals surface area contributed by atoms with Crippen LogP contribution in [0, 0.1) is 5.41 Å². The van der Waals surface area contributed by atoms with Gasteiger partial charge in [-0.15, -0.1) is 0 Å². The molecule has 2 aliphatic carbocycles. The molecule has 0 radical (unpaired) electrons. The minimum absolute atomic E-state index is 0.228. The Morgan fingerprint density at radius 3 is 2.71 bits per heavy atom. The van der Waals surface area contributed by atoms with Gasteiger partial charge in [0.25, 0.3) is 0 Å². The van der Waals surface area contributed by atoms with Crippen LogP contribution in [-0.4, -0.2) is 43.9 Å². The van der Waals surface area contributed by atoms with Gasteiger partial charge >= 0.3 is 5.97 Å². The summed E-state index contributed by atoms with van der Waals surface area (Å²) in [5.41, 5.74) is 0.563. The van der Waals surface area contributed by atoms with Crippen LogP contribution in [0.1, 0.15) is 49.4 Å². The highest BCUT2D eigenvalue weighted by atomic mass is 16.5. The number of hydrogen-bond acceptors (Lipinski definition) is 6. The van der Waals surface area contributed by atoms with Gasteiger partial charge in [-0.1, -0.05) is 12.8 Å². The quantitative estimate of drug-likeness (QED) is 0.807. The number of rotatable bonds is 6. The van der Waals surface area contributed by atoms with Crippen molar-refractivity contribution in [3.63, 3.8) is 0 Å². The normalized spacial score (nSPS) is 24.5. The summed E-state index contributed by atoms with van der Waals surface area (Å²) in [5, 5.41) is 3.54. The first-order valence-corrected chi connectivity index (χ1v) is 8.66. The molecule has 0 bridgehead atoms. The summed E-state index contributed by atoms with van der Waals surface area (Å²) in [6.07, 6.45) is 6.27. The highest BCUT2D eigenvalue weighted by molar-refractivity contribution is 5.92. The van der Waals surface area contributed by atoms with Gasteiger partial charge in [0.15, 0.2) is 0 Å². The summed E-state index contributed by atoms with van der Waals surface area (Å²) in [6.45, 7) is 2.82. The Morgan fingerprint density at radius 1 is 1.33 bits per heavy atom. The fourth-order valence-electron chi connectivity index (χ4n) is 4.21. The predicted molar refractivity (Wildman–Crippen MR) is 90.5 cm³/mol. The number of aromatic nitrogens is 1. The number of esters is 1. The lowest BCUT2D eigenvalue weighted by molar-refractivity contribution is -0.114. The molecule has 1 N–H and O–H groups in total. The Bertz CT molecular complexity index is 599. The molecule has 1 aromatic rings. The number of nitrogens with one attached hydrogen (secondary N) is 1. The molecule has 0 aliphatic heterocycles. The van der Waals surface area contributed by atoms with E-state index in [0.717, 1.165) is 18.8 Å². The number of ether oxygens (including phenoxy) is 3. The van der Waals surface area contributed by atoms with Crippen LogP contribution < -0.4 is 10.1 Å². The zero-order chi connectivity index (χ0) is 17.2. The molecule has 132 valence electrons. The Balaban J connectivity index is 1.75. The van der Waals surface area contributed by atoms with E-state index in [1.54, 1.807) is 6.07 Å². The maximum atomic E-state index is 11.7. The Morgan fingerprint density at radius 2 is 2.08 bits per heavy atom. The molecule has 0 saturated heterocycles. The van der Waals surface area contributed by atoms with E-state index < -0.39 is 5.97 Å².